The monoisotopic (exact) mass is 316 g/mol. The van der Waals surface area contributed by atoms with E-state index in [2.05, 4.69) is 15.5 Å². The lowest BCUT2D eigenvalue weighted by atomic mass is 10.2. The van der Waals surface area contributed by atoms with Crippen LogP contribution in [-0.4, -0.2) is 56.3 Å². The standard InChI is InChI=1S/C11H16N4O3S2/c1-2-8-13-14-10(20-8)12-11(18)15-3-4-19-6-7(15)5-9(16)17/h7H,2-6H2,1H3,(H,16,17)(H,12,14,18). The van der Waals surface area contributed by atoms with Crippen molar-refractivity contribution in [3.05, 3.63) is 5.01 Å². The van der Waals surface area contributed by atoms with Crippen LogP contribution in [0.1, 0.15) is 18.4 Å². The Morgan fingerprint density at radius 3 is 2.95 bits per heavy atom. The second-order valence-corrected chi connectivity index (χ2v) is 6.52. The Labute approximate surface area is 124 Å². The number of anilines is 1. The van der Waals surface area contributed by atoms with Crippen molar-refractivity contribution in [2.24, 2.45) is 0 Å². The molecule has 0 bridgehead atoms. The number of hydrogen-bond donors (Lipinski definition) is 2. The van der Waals surface area contributed by atoms with Gasteiger partial charge >= 0.3 is 12.0 Å². The number of carboxylic acids is 1. The fourth-order valence-electron chi connectivity index (χ4n) is 1.90. The van der Waals surface area contributed by atoms with Gasteiger partial charge in [-0.25, -0.2) is 4.79 Å². The van der Waals surface area contributed by atoms with Crippen molar-refractivity contribution in [3.63, 3.8) is 0 Å². The quantitative estimate of drug-likeness (QED) is 0.874. The van der Waals surface area contributed by atoms with Crippen LogP contribution in [0.4, 0.5) is 9.93 Å². The first-order valence-electron chi connectivity index (χ1n) is 6.29. The van der Waals surface area contributed by atoms with E-state index in [0.717, 1.165) is 17.2 Å². The summed E-state index contributed by atoms with van der Waals surface area (Å²) in [6, 6.07) is -0.569. The summed E-state index contributed by atoms with van der Waals surface area (Å²) in [5.41, 5.74) is 0. The molecule has 1 fully saturated rings. The van der Waals surface area contributed by atoms with Crippen LogP contribution >= 0.6 is 23.1 Å². The average Bonchev–Trinajstić information content (AvgIpc) is 2.86. The molecule has 2 N–H and O–H groups in total. The lowest BCUT2D eigenvalue weighted by Gasteiger charge is -2.34. The largest absolute Gasteiger partial charge is 0.481 e. The topological polar surface area (TPSA) is 95.4 Å². The van der Waals surface area contributed by atoms with Crippen LogP contribution in [0.2, 0.25) is 0 Å². The van der Waals surface area contributed by atoms with Crippen molar-refractivity contribution in [3.8, 4) is 0 Å². The van der Waals surface area contributed by atoms with Gasteiger partial charge < -0.3 is 10.0 Å². The SMILES string of the molecule is CCc1nnc(NC(=O)N2CCSCC2CC(=O)O)s1. The number of nitrogens with one attached hydrogen (secondary N) is 1. The molecule has 0 radical (unpaired) electrons. The maximum atomic E-state index is 12.2. The Kier molecular flexibility index (Phi) is 5.18. The van der Waals surface area contributed by atoms with E-state index >= 15 is 0 Å². The number of rotatable bonds is 4. The second-order valence-electron chi connectivity index (χ2n) is 4.30. The Balaban J connectivity index is 1.99. The molecule has 0 saturated carbocycles. The molecule has 1 saturated heterocycles. The van der Waals surface area contributed by atoms with Gasteiger partial charge in [-0.05, 0) is 6.42 Å². The Morgan fingerprint density at radius 1 is 1.50 bits per heavy atom. The van der Waals surface area contributed by atoms with Gasteiger partial charge in [0.05, 0.1) is 12.5 Å². The molecule has 1 unspecified atom stereocenters. The van der Waals surface area contributed by atoms with E-state index in [-0.39, 0.29) is 18.5 Å². The zero-order valence-corrected chi connectivity index (χ0v) is 12.7. The summed E-state index contributed by atoms with van der Waals surface area (Å²) in [5.74, 6) is 0.579. The number of carboxylic acid groups (broad SMARTS) is 1. The van der Waals surface area contributed by atoms with Crippen LogP contribution in [0.15, 0.2) is 0 Å². The van der Waals surface area contributed by atoms with Crippen LogP contribution in [0.3, 0.4) is 0 Å². The smallest absolute Gasteiger partial charge is 0.324 e. The number of aliphatic carboxylic acids is 1. The van der Waals surface area contributed by atoms with Gasteiger partial charge in [-0.1, -0.05) is 18.3 Å². The summed E-state index contributed by atoms with van der Waals surface area (Å²) in [6.07, 6.45) is 0.742. The van der Waals surface area contributed by atoms with E-state index in [1.807, 2.05) is 6.92 Å². The van der Waals surface area contributed by atoms with E-state index in [9.17, 15) is 9.59 Å². The normalized spacial score (nSPS) is 18.9. The average molecular weight is 316 g/mol. The van der Waals surface area contributed by atoms with Crippen molar-refractivity contribution >= 4 is 40.2 Å². The molecule has 1 atom stereocenters. The molecule has 20 heavy (non-hydrogen) atoms. The lowest BCUT2D eigenvalue weighted by Crippen LogP contribution is -2.48. The summed E-state index contributed by atoms with van der Waals surface area (Å²) >= 11 is 3.01. The van der Waals surface area contributed by atoms with E-state index < -0.39 is 5.97 Å². The molecule has 9 heteroatoms. The number of urea groups is 1. The number of amides is 2. The first-order valence-corrected chi connectivity index (χ1v) is 8.26. The zero-order valence-electron chi connectivity index (χ0n) is 11.0. The molecule has 0 aromatic carbocycles. The summed E-state index contributed by atoms with van der Waals surface area (Å²) in [5, 5.41) is 20.8. The highest BCUT2D eigenvalue weighted by Crippen LogP contribution is 2.21. The molecule has 0 spiro atoms. The Hall–Kier alpha value is -1.35. The second kappa shape index (κ2) is 6.89. The molecular weight excluding hydrogens is 300 g/mol. The Bertz CT molecular complexity index is 494. The van der Waals surface area contributed by atoms with Gasteiger partial charge in [-0.2, -0.15) is 11.8 Å². The number of aromatic nitrogens is 2. The van der Waals surface area contributed by atoms with Gasteiger partial charge in [0.1, 0.15) is 5.01 Å². The molecule has 1 aliphatic heterocycles. The van der Waals surface area contributed by atoms with Crippen LogP contribution in [-0.2, 0) is 11.2 Å². The predicted octanol–water partition coefficient (Wildman–Crippen LogP) is 1.52. The highest BCUT2D eigenvalue weighted by atomic mass is 32.2. The highest BCUT2D eigenvalue weighted by Gasteiger charge is 2.29. The van der Waals surface area contributed by atoms with Crippen molar-refractivity contribution < 1.29 is 14.7 Å². The first kappa shape index (κ1) is 15.0. The summed E-state index contributed by atoms with van der Waals surface area (Å²) < 4.78 is 0. The van der Waals surface area contributed by atoms with Gasteiger partial charge in [-0.15, -0.1) is 10.2 Å². The minimum absolute atomic E-state index is 0.0310. The van der Waals surface area contributed by atoms with Crippen molar-refractivity contribution in [2.45, 2.75) is 25.8 Å². The molecule has 2 heterocycles. The highest BCUT2D eigenvalue weighted by molar-refractivity contribution is 7.99. The molecule has 1 aromatic rings. The number of carbonyl (C=O) groups excluding carboxylic acids is 1. The van der Waals surface area contributed by atoms with Gasteiger partial charge in [0, 0.05) is 18.1 Å². The van der Waals surface area contributed by atoms with Crippen LogP contribution in [0.25, 0.3) is 0 Å². The Morgan fingerprint density at radius 2 is 2.30 bits per heavy atom. The molecule has 2 rings (SSSR count). The van der Waals surface area contributed by atoms with Gasteiger partial charge in [0.25, 0.3) is 0 Å². The van der Waals surface area contributed by atoms with Crippen LogP contribution < -0.4 is 5.32 Å². The van der Waals surface area contributed by atoms with Crippen molar-refractivity contribution in [1.29, 1.82) is 0 Å². The molecule has 2 amide bonds. The number of hydrogen-bond acceptors (Lipinski definition) is 6. The van der Waals surface area contributed by atoms with Crippen LogP contribution in [0.5, 0.6) is 0 Å². The van der Waals surface area contributed by atoms with Gasteiger partial charge in [0.15, 0.2) is 0 Å². The molecule has 110 valence electrons. The third-order valence-corrected chi connectivity index (χ3v) is 4.96. The zero-order chi connectivity index (χ0) is 14.5. The molecule has 1 aromatic heterocycles. The summed E-state index contributed by atoms with van der Waals surface area (Å²) in [6.45, 7) is 2.52. The van der Waals surface area contributed by atoms with E-state index in [0.29, 0.717) is 17.4 Å². The summed E-state index contributed by atoms with van der Waals surface area (Å²) in [7, 11) is 0. The first-order chi connectivity index (χ1) is 9.60. The molecule has 0 aliphatic carbocycles. The molecule has 7 nitrogen and oxygen atoms in total. The van der Waals surface area contributed by atoms with E-state index in [1.165, 1.54) is 11.3 Å². The third kappa shape index (κ3) is 3.83. The van der Waals surface area contributed by atoms with E-state index in [1.54, 1.807) is 16.7 Å². The van der Waals surface area contributed by atoms with Crippen LogP contribution in [0, 0.1) is 0 Å². The van der Waals surface area contributed by atoms with E-state index in [4.69, 9.17) is 5.11 Å². The predicted molar refractivity (Wildman–Crippen MR) is 78.4 cm³/mol. The lowest BCUT2D eigenvalue weighted by molar-refractivity contribution is -0.137. The maximum absolute atomic E-state index is 12.2. The number of thioether (sulfide) groups is 1. The number of nitrogens with zero attached hydrogens (tertiary/aromatic N) is 3. The minimum Gasteiger partial charge on any atom is -0.481 e. The molecule has 1 aliphatic rings. The third-order valence-electron chi connectivity index (χ3n) is 2.88. The van der Waals surface area contributed by atoms with Gasteiger partial charge in [-0.3, -0.25) is 10.1 Å². The fraction of sp³-hybridized carbons (Fsp3) is 0.636. The van der Waals surface area contributed by atoms with Crippen molar-refractivity contribution in [2.75, 3.05) is 23.4 Å². The minimum atomic E-state index is -0.889. The number of carbonyl (C=O) groups is 2. The van der Waals surface area contributed by atoms with Gasteiger partial charge in [0.2, 0.25) is 5.13 Å². The summed E-state index contributed by atoms with van der Waals surface area (Å²) in [4.78, 5) is 24.6. The maximum Gasteiger partial charge on any atom is 0.324 e. The number of aryl methyl sites for hydroxylation is 1. The fourth-order valence-corrected chi connectivity index (χ4v) is 3.63. The molecular formula is C11H16N4O3S2. The van der Waals surface area contributed by atoms with Crippen molar-refractivity contribution in [1.82, 2.24) is 15.1 Å².